The summed E-state index contributed by atoms with van der Waals surface area (Å²) in [4.78, 5) is 0. The number of rotatable bonds is 7. The van der Waals surface area contributed by atoms with Gasteiger partial charge in [0.2, 0.25) is 0 Å². The first kappa shape index (κ1) is 12.9. The Bertz CT molecular complexity index is 261. The normalized spacial score (nSPS) is 22.1. The topological polar surface area (TPSA) is 70.2 Å². The summed E-state index contributed by atoms with van der Waals surface area (Å²) in [7, 11) is -3.26. The molecule has 0 radical (unpaired) electrons. The van der Waals surface area contributed by atoms with Crippen molar-refractivity contribution in [1.29, 1.82) is 0 Å². The van der Waals surface area contributed by atoms with Crippen molar-refractivity contribution in [1.82, 2.24) is 14.8 Å². The fourth-order valence-corrected chi connectivity index (χ4v) is 2.62. The molecule has 0 aromatic heterocycles. The van der Waals surface area contributed by atoms with E-state index in [-0.39, 0.29) is 0 Å². The van der Waals surface area contributed by atoms with Crippen LogP contribution in [0, 0.1) is 0 Å². The quantitative estimate of drug-likeness (QED) is 0.580. The van der Waals surface area contributed by atoms with Crippen LogP contribution in [0.5, 0.6) is 0 Å². The van der Waals surface area contributed by atoms with Crippen LogP contribution in [0.3, 0.4) is 0 Å². The highest BCUT2D eigenvalue weighted by Gasteiger charge is 2.14. The number of hydrogen-bond acceptors (Lipinski definition) is 3. The molecular weight excluding hydrogens is 214 g/mol. The lowest BCUT2D eigenvalue weighted by Crippen LogP contribution is -2.39. The summed E-state index contributed by atoms with van der Waals surface area (Å²) in [5.74, 6) is 0. The summed E-state index contributed by atoms with van der Waals surface area (Å²) in [6, 6.07) is 0.485. The van der Waals surface area contributed by atoms with Gasteiger partial charge < -0.3 is 5.32 Å². The largest absolute Gasteiger partial charge is 0.314 e. The van der Waals surface area contributed by atoms with E-state index in [9.17, 15) is 8.42 Å². The van der Waals surface area contributed by atoms with Gasteiger partial charge in [-0.1, -0.05) is 6.92 Å². The number of hydrogen-bond donors (Lipinski definition) is 3. The Kier molecular flexibility index (Phi) is 5.52. The minimum atomic E-state index is -3.26. The second-order valence-corrected chi connectivity index (χ2v) is 5.46. The van der Waals surface area contributed by atoms with Crippen molar-refractivity contribution in [3.05, 3.63) is 0 Å². The standard InChI is InChI=1S/C9H21N3O2S/c1-2-6-11-15(13,14)12-8-5-9-4-3-7-10-9/h9-12H,2-8H2,1H3/t9-/m1/s1. The van der Waals surface area contributed by atoms with Gasteiger partial charge in [-0.2, -0.15) is 8.42 Å². The molecule has 1 aliphatic heterocycles. The summed E-state index contributed by atoms with van der Waals surface area (Å²) in [5, 5.41) is 3.33. The lowest BCUT2D eigenvalue weighted by molar-refractivity contribution is 0.533. The van der Waals surface area contributed by atoms with Gasteiger partial charge in [0.1, 0.15) is 0 Å². The van der Waals surface area contributed by atoms with E-state index in [1.807, 2.05) is 6.92 Å². The molecule has 90 valence electrons. The van der Waals surface area contributed by atoms with Gasteiger partial charge in [0.05, 0.1) is 0 Å². The molecule has 0 aromatic carbocycles. The van der Waals surface area contributed by atoms with Crippen LogP contribution in [-0.2, 0) is 10.2 Å². The first-order valence-corrected chi connectivity index (χ1v) is 7.10. The lowest BCUT2D eigenvalue weighted by atomic mass is 10.2. The van der Waals surface area contributed by atoms with E-state index < -0.39 is 10.2 Å². The molecule has 3 N–H and O–H groups in total. The lowest BCUT2D eigenvalue weighted by Gasteiger charge is -2.11. The van der Waals surface area contributed by atoms with Crippen molar-refractivity contribution >= 4 is 10.2 Å². The highest BCUT2D eigenvalue weighted by Crippen LogP contribution is 2.07. The zero-order chi connectivity index (χ0) is 11.1. The van der Waals surface area contributed by atoms with Crippen molar-refractivity contribution in [3.8, 4) is 0 Å². The Labute approximate surface area is 92.2 Å². The maximum absolute atomic E-state index is 11.3. The van der Waals surface area contributed by atoms with Gasteiger partial charge in [-0.05, 0) is 32.2 Å². The Balaban J connectivity index is 2.12. The Hall–Kier alpha value is -0.170. The Morgan fingerprint density at radius 3 is 2.67 bits per heavy atom. The van der Waals surface area contributed by atoms with Gasteiger partial charge in [0.15, 0.2) is 0 Å². The van der Waals surface area contributed by atoms with Gasteiger partial charge >= 0.3 is 0 Å². The molecule has 15 heavy (non-hydrogen) atoms. The molecule has 0 bridgehead atoms. The predicted octanol–water partition coefficient (Wildman–Crippen LogP) is -0.0375. The van der Waals surface area contributed by atoms with E-state index in [1.54, 1.807) is 0 Å². The fraction of sp³-hybridized carbons (Fsp3) is 1.00. The molecule has 0 aromatic rings. The van der Waals surface area contributed by atoms with Crippen LogP contribution in [0.1, 0.15) is 32.6 Å². The zero-order valence-electron chi connectivity index (χ0n) is 9.25. The van der Waals surface area contributed by atoms with E-state index in [4.69, 9.17) is 0 Å². The molecule has 0 spiro atoms. The van der Waals surface area contributed by atoms with Crippen LogP contribution in [-0.4, -0.2) is 34.1 Å². The third-order valence-electron chi connectivity index (χ3n) is 2.49. The predicted molar refractivity (Wildman–Crippen MR) is 60.9 cm³/mol. The summed E-state index contributed by atoms with van der Waals surface area (Å²) >= 11 is 0. The summed E-state index contributed by atoms with van der Waals surface area (Å²) in [5.41, 5.74) is 0. The van der Waals surface area contributed by atoms with Crippen LogP contribution in [0.25, 0.3) is 0 Å². The van der Waals surface area contributed by atoms with Gasteiger partial charge in [-0.15, -0.1) is 0 Å². The van der Waals surface area contributed by atoms with Crippen LogP contribution < -0.4 is 14.8 Å². The van der Waals surface area contributed by atoms with E-state index >= 15 is 0 Å². The van der Waals surface area contributed by atoms with Gasteiger partial charge in [-0.25, -0.2) is 9.44 Å². The van der Waals surface area contributed by atoms with Crippen molar-refractivity contribution in [2.45, 2.75) is 38.6 Å². The summed E-state index contributed by atoms with van der Waals surface area (Å²) in [6.45, 7) is 4.00. The molecular formula is C9H21N3O2S. The molecule has 1 fully saturated rings. The molecule has 0 aliphatic carbocycles. The highest BCUT2D eigenvalue weighted by molar-refractivity contribution is 7.87. The molecule has 0 amide bonds. The second kappa shape index (κ2) is 6.42. The van der Waals surface area contributed by atoms with Crippen molar-refractivity contribution < 1.29 is 8.42 Å². The van der Waals surface area contributed by atoms with E-state index in [1.165, 1.54) is 6.42 Å². The van der Waals surface area contributed by atoms with Crippen LogP contribution in [0.15, 0.2) is 0 Å². The average Bonchev–Trinajstić information content (AvgIpc) is 2.67. The third-order valence-corrected chi connectivity index (χ3v) is 3.66. The summed E-state index contributed by atoms with van der Waals surface area (Å²) < 4.78 is 27.7. The maximum atomic E-state index is 11.3. The molecule has 0 saturated carbocycles. The molecule has 1 aliphatic rings. The van der Waals surface area contributed by atoms with Crippen molar-refractivity contribution in [2.75, 3.05) is 19.6 Å². The average molecular weight is 235 g/mol. The summed E-state index contributed by atoms with van der Waals surface area (Å²) in [6.07, 6.45) is 4.04. The van der Waals surface area contributed by atoms with Gasteiger partial charge in [-0.3, -0.25) is 0 Å². The first-order chi connectivity index (χ1) is 7.14. The smallest absolute Gasteiger partial charge is 0.276 e. The molecule has 1 rings (SSSR count). The monoisotopic (exact) mass is 235 g/mol. The highest BCUT2D eigenvalue weighted by atomic mass is 32.2. The number of nitrogens with one attached hydrogen (secondary N) is 3. The molecule has 6 heteroatoms. The molecule has 5 nitrogen and oxygen atoms in total. The van der Waals surface area contributed by atoms with E-state index in [0.717, 1.165) is 25.8 Å². The molecule has 1 saturated heterocycles. The Morgan fingerprint density at radius 2 is 2.07 bits per heavy atom. The van der Waals surface area contributed by atoms with Crippen LogP contribution in [0.4, 0.5) is 0 Å². The van der Waals surface area contributed by atoms with E-state index in [2.05, 4.69) is 14.8 Å². The molecule has 0 unspecified atom stereocenters. The maximum Gasteiger partial charge on any atom is 0.276 e. The van der Waals surface area contributed by atoms with E-state index in [0.29, 0.717) is 19.1 Å². The van der Waals surface area contributed by atoms with Crippen LogP contribution >= 0.6 is 0 Å². The minimum absolute atomic E-state index is 0.485. The third kappa shape index (κ3) is 5.46. The molecule has 1 atom stereocenters. The SMILES string of the molecule is CCCNS(=O)(=O)NCC[C@H]1CCCN1. The minimum Gasteiger partial charge on any atom is -0.314 e. The second-order valence-electron chi connectivity index (χ2n) is 3.87. The first-order valence-electron chi connectivity index (χ1n) is 5.61. The fourth-order valence-electron chi connectivity index (χ4n) is 1.66. The zero-order valence-corrected chi connectivity index (χ0v) is 10.1. The van der Waals surface area contributed by atoms with Crippen molar-refractivity contribution in [2.24, 2.45) is 0 Å². The van der Waals surface area contributed by atoms with Gasteiger partial charge in [0, 0.05) is 19.1 Å². The Morgan fingerprint density at radius 1 is 1.33 bits per heavy atom. The molecule has 1 heterocycles. The van der Waals surface area contributed by atoms with Crippen LogP contribution in [0.2, 0.25) is 0 Å². The van der Waals surface area contributed by atoms with Gasteiger partial charge in [0.25, 0.3) is 10.2 Å². The van der Waals surface area contributed by atoms with Crippen molar-refractivity contribution in [3.63, 3.8) is 0 Å².